The first-order valence-electron chi connectivity index (χ1n) is 7.10. The van der Waals surface area contributed by atoms with E-state index in [2.05, 4.69) is 0 Å². The molecule has 2 aromatic rings. The third kappa shape index (κ3) is 3.19. The van der Waals surface area contributed by atoms with Crippen LogP contribution in [0.25, 0.3) is 0 Å². The van der Waals surface area contributed by atoms with E-state index in [9.17, 15) is 10.1 Å². The van der Waals surface area contributed by atoms with Crippen LogP contribution in [0.3, 0.4) is 0 Å². The topological polar surface area (TPSA) is 61.6 Å². The zero-order valence-corrected chi connectivity index (χ0v) is 13.0. The molecular formula is C17H19NO4. The summed E-state index contributed by atoms with van der Waals surface area (Å²) in [5, 5.41) is 11.3. The van der Waals surface area contributed by atoms with Gasteiger partial charge in [0.2, 0.25) is 5.75 Å². The molecule has 0 bridgehead atoms. The first-order chi connectivity index (χ1) is 10.6. The lowest BCUT2D eigenvalue weighted by Gasteiger charge is -2.15. The summed E-state index contributed by atoms with van der Waals surface area (Å²) in [5.74, 6) is 0.916. The van der Waals surface area contributed by atoms with Crippen LogP contribution in [0.1, 0.15) is 23.6 Å². The number of hydrogen-bond acceptors (Lipinski definition) is 4. The van der Waals surface area contributed by atoms with E-state index in [1.807, 2.05) is 37.3 Å². The van der Waals surface area contributed by atoms with Crippen molar-refractivity contribution in [2.24, 2.45) is 0 Å². The van der Waals surface area contributed by atoms with Crippen LogP contribution in [0.5, 0.6) is 11.5 Å². The highest BCUT2D eigenvalue weighted by atomic mass is 16.6. The Bertz CT molecular complexity index is 668. The summed E-state index contributed by atoms with van der Waals surface area (Å²) in [4.78, 5) is 10.9. The average molecular weight is 301 g/mol. The Kier molecular flexibility index (Phi) is 4.99. The molecule has 0 aromatic heterocycles. The van der Waals surface area contributed by atoms with E-state index in [0.29, 0.717) is 17.7 Å². The smallest absolute Gasteiger partial charge is 0.311 e. The number of nitro groups is 1. The number of aryl methyl sites for hydroxylation is 1. The minimum atomic E-state index is -0.411. The van der Waals surface area contributed by atoms with Gasteiger partial charge in [-0.3, -0.25) is 10.1 Å². The standard InChI is InChI=1S/C17H19NO4/c1-4-14-10-15(18(19)20)17(12(2)16(14)21-3)22-11-13-8-6-5-7-9-13/h5-10H,4,11H2,1-3H3. The van der Waals surface area contributed by atoms with Crippen molar-refractivity contribution in [3.05, 3.63) is 63.2 Å². The summed E-state index contributed by atoms with van der Waals surface area (Å²) in [5.41, 5.74) is 2.39. The number of rotatable bonds is 6. The normalized spacial score (nSPS) is 10.3. The van der Waals surface area contributed by atoms with Gasteiger partial charge in [-0.25, -0.2) is 0 Å². The lowest BCUT2D eigenvalue weighted by atomic mass is 10.0. The van der Waals surface area contributed by atoms with E-state index in [0.717, 1.165) is 11.1 Å². The Labute approximate surface area is 129 Å². The van der Waals surface area contributed by atoms with Crippen LogP contribution in [0.15, 0.2) is 36.4 Å². The molecular weight excluding hydrogens is 282 g/mol. The summed E-state index contributed by atoms with van der Waals surface area (Å²) < 4.78 is 11.1. The third-order valence-corrected chi connectivity index (χ3v) is 3.52. The SMILES string of the molecule is CCc1cc([N+](=O)[O-])c(OCc2ccccc2)c(C)c1OC. The maximum atomic E-state index is 11.3. The first kappa shape index (κ1) is 15.8. The van der Waals surface area contributed by atoms with Crippen molar-refractivity contribution < 1.29 is 14.4 Å². The summed E-state index contributed by atoms with van der Waals surface area (Å²) >= 11 is 0. The largest absolute Gasteiger partial charge is 0.496 e. The van der Waals surface area contributed by atoms with Crippen molar-refractivity contribution in [2.45, 2.75) is 26.9 Å². The Morgan fingerprint density at radius 2 is 1.86 bits per heavy atom. The fourth-order valence-electron chi connectivity index (χ4n) is 2.43. The fourth-order valence-corrected chi connectivity index (χ4v) is 2.43. The maximum absolute atomic E-state index is 11.3. The summed E-state index contributed by atoms with van der Waals surface area (Å²) in [6, 6.07) is 11.1. The molecule has 116 valence electrons. The quantitative estimate of drug-likeness (QED) is 0.596. The third-order valence-electron chi connectivity index (χ3n) is 3.52. The number of hydrogen-bond donors (Lipinski definition) is 0. The van der Waals surface area contributed by atoms with Gasteiger partial charge in [0.1, 0.15) is 12.4 Å². The van der Waals surface area contributed by atoms with Gasteiger partial charge < -0.3 is 9.47 Å². The molecule has 5 heteroatoms. The predicted molar refractivity (Wildman–Crippen MR) is 84.5 cm³/mol. The van der Waals surface area contributed by atoms with E-state index >= 15 is 0 Å². The number of nitro benzene ring substituents is 1. The molecule has 0 atom stereocenters. The minimum Gasteiger partial charge on any atom is -0.496 e. The van der Waals surface area contributed by atoms with Gasteiger partial charge in [0.25, 0.3) is 0 Å². The van der Waals surface area contributed by atoms with Crippen molar-refractivity contribution in [1.82, 2.24) is 0 Å². The molecule has 0 saturated carbocycles. The zero-order chi connectivity index (χ0) is 16.1. The fraction of sp³-hybridized carbons (Fsp3) is 0.294. The molecule has 0 spiro atoms. The average Bonchev–Trinajstić information content (AvgIpc) is 2.53. The summed E-state index contributed by atoms with van der Waals surface area (Å²) in [7, 11) is 1.56. The van der Waals surface area contributed by atoms with Gasteiger partial charge in [-0.2, -0.15) is 0 Å². The van der Waals surface area contributed by atoms with Crippen LogP contribution in [0, 0.1) is 17.0 Å². The van der Waals surface area contributed by atoms with Crippen LogP contribution in [-0.4, -0.2) is 12.0 Å². The second-order valence-electron chi connectivity index (χ2n) is 4.93. The number of nitrogens with zero attached hydrogens (tertiary/aromatic N) is 1. The molecule has 0 aliphatic rings. The Balaban J connectivity index is 2.42. The number of ether oxygens (including phenoxy) is 2. The molecule has 0 N–H and O–H groups in total. The van der Waals surface area contributed by atoms with Gasteiger partial charge in [-0.1, -0.05) is 37.3 Å². The van der Waals surface area contributed by atoms with Crippen molar-refractivity contribution >= 4 is 5.69 Å². The Hall–Kier alpha value is -2.56. The van der Waals surface area contributed by atoms with Crippen LogP contribution < -0.4 is 9.47 Å². The van der Waals surface area contributed by atoms with Gasteiger partial charge in [-0.15, -0.1) is 0 Å². The highest BCUT2D eigenvalue weighted by Crippen LogP contribution is 2.40. The molecule has 0 unspecified atom stereocenters. The summed E-state index contributed by atoms with van der Waals surface area (Å²) in [6.07, 6.45) is 0.657. The van der Waals surface area contributed by atoms with Gasteiger partial charge in [0.15, 0.2) is 0 Å². The van der Waals surface area contributed by atoms with E-state index in [4.69, 9.17) is 9.47 Å². The molecule has 0 heterocycles. The van der Waals surface area contributed by atoms with Crippen LogP contribution in [-0.2, 0) is 13.0 Å². The summed E-state index contributed by atoms with van der Waals surface area (Å²) in [6.45, 7) is 3.99. The maximum Gasteiger partial charge on any atom is 0.311 e. The van der Waals surface area contributed by atoms with Crippen molar-refractivity contribution in [1.29, 1.82) is 0 Å². The Morgan fingerprint density at radius 1 is 1.18 bits per heavy atom. The molecule has 0 fully saturated rings. The molecule has 2 aromatic carbocycles. The van der Waals surface area contributed by atoms with Crippen molar-refractivity contribution in [3.63, 3.8) is 0 Å². The molecule has 0 aliphatic heterocycles. The monoisotopic (exact) mass is 301 g/mol. The van der Waals surface area contributed by atoms with Gasteiger partial charge in [0, 0.05) is 17.2 Å². The predicted octanol–water partition coefficient (Wildman–Crippen LogP) is 4.05. The molecule has 0 amide bonds. The lowest BCUT2D eigenvalue weighted by Crippen LogP contribution is -2.04. The van der Waals surface area contributed by atoms with Crippen molar-refractivity contribution in [2.75, 3.05) is 7.11 Å². The van der Waals surface area contributed by atoms with Gasteiger partial charge in [0.05, 0.1) is 12.0 Å². The minimum absolute atomic E-state index is 0.0221. The van der Waals surface area contributed by atoms with E-state index < -0.39 is 4.92 Å². The van der Waals surface area contributed by atoms with E-state index in [1.54, 1.807) is 14.0 Å². The second-order valence-corrected chi connectivity index (χ2v) is 4.93. The molecule has 0 aliphatic carbocycles. The highest BCUT2D eigenvalue weighted by molar-refractivity contribution is 5.61. The zero-order valence-electron chi connectivity index (χ0n) is 13.0. The van der Waals surface area contributed by atoms with Crippen LogP contribution in [0.4, 0.5) is 5.69 Å². The van der Waals surface area contributed by atoms with Crippen LogP contribution >= 0.6 is 0 Å². The van der Waals surface area contributed by atoms with Gasteiger partial charge >= 0.3 is 5.69 Å². The van der Waals surface area contributed by atoms with E-state index in [-0.39, 0.29) is 18.0 Å². The van der Waals surface area contributed by atoms with Crippen LogP contribution in [0.2, 0.25) is 0 Å². The molecule has 22 heavy (non-hydrogen) atoms. The second kappa shape index (κ2) is 6.93. The molecule has 0 radical (unpaired) electrons. The number of benzene rings is 2. The Morgan fingerprint density at radius 3 is 2.41 bits per heavy atom. The molecule has 0 saturated heterocycles. The molecule has 5 nitrogen and oxygen atoms in total. The van der Waals surface area contributed by atoms with Gasteiger partial charge in [-0.05, 0) is 18.9 Å². The lowest BCUT2D eigenvalue weighted by molar-refractivity contribution is -0.386. The van der Waals surface area contributed by atoms with E-state index in [1.165, 1.54) is 6.07 Å². The number of methoxy groups -OCH3 is 1. The van der Waals surface area contributed by atoms with Crippen molar-refractivity contribution in [3.8, 4) is 11.5 Å². The first-order valence-corrected chi connectivity index (χ1v) is 7.10. The molecule has 2 rings (SSSR count). The highest BCUT2D eigenvalue weighted by Gasteiger charge is 2.24.